The number of hydrogen-bond acceptors (Lipinski definition) is 4. The zero-order valence-corrected chi connectivity index (χ0v) is 14.6. The highest BCUT2D eigenvalue weighted by Gasteiger charge is 2.18. The van der Waals surface area contributed by atoms with Crippen LogP contribution in [0.15, 0.2) is 58.1 Å². The highest BCUT2D eigenvalue weighted by molar-refractivity contribution is 7.24. The van der Waals surface area contributed by atoms with Crippen LogP contribution in [0.2, 0.25) is 0 Å². The van der Waals surface area contributed by atoms with Crippen LogP contribution in [-0.2, 0) is 0 Å². The largest absolute Gasteiger partial charge is 0.507 e. The second-order valence-corrected chi connectivity index (χ2v) is 7.45. The van der Waals surface area contributed by atoms with Gasteiger partial charge < -0.3 is 10.1 Å². The Bertz CT molecular complexity index is 1500. The van der Waals surface area contributed by atoms with E-state index in [-0.39, 0.29) is 27.4 Å². The third-order valence-electron chi connectivity index (χ3n) is 4.82. The molecule has 0 saturated carbocycles. The molecule has 5 heteroatoms. The minimum atomic E-state index is -0.322. The fraction of sp³-hybridized carbons (Fsp3) is 0.0476. The molecule has 1 heterocycles. The lowest BCUT2D eigenvalue weighted by Gasteiger charge is -2.09. The minimum Gasteiger partial charge on any atom is -0.507 e. The molecular weight excluding hydrogens is 346 g/mol. The standard InChI is InChI=1S/C21H13NO3S/c1-10-5-4-8-13-21(10)26-15-9-14(23)16-17(18(15)22-13)20(25)12-7-3-2-6-11(12)19(16)24/h2-9,22-23H,1H3. The molecule has 0 aliphatic heterocycles. The maximum Gasteiger partial charge on any atom is 0.198 e. The highest BCUT2D eigenvalue weighted by atomic mass is 32.1. The molecule has 0 radical (unpaired) electrons. The smallest absolute Gasteiger partial charge is 0.198 e. The number of aromatic hydroxyl groups is 1. The van der Waals surface area contributed by atoms with E-state index in [2.05, 4.69) is 4.98 Å². The third kappa shape index (κ3) is 1.89. The predicted molar refractivity (Wildman–Crippen MR) is 108 cm³/mol. The van der Waals surface area contributed by atoms with E-state index in [0.717, 1.165) is 20.5 Å². The van der Waals surface area contributed by atoms with Gasteiger partial charge in [-0.2, -0.15) is 0 Å². The van der Waals surface area contributed by atoms with Crippen molar-refractivity contribution in [2.24, 2.45) is 0 Å². The number of nitrogens with one attached hydrogen (secondary N) is 1. The highest BCUT2D eigenvalue weighted by Crippen LogP contribution is 2.35. The van der Waals surface area contributed by atoms with E-state index in [4.69, 9.17) is 0 Å². The molecule has 1 aromatic heterocycles. The van der Waals surface area contributed by atoms with Gasteiger partial charge in [0.25, 0.3) is 0 Å². The Kier molecular flexibility index (Phi) is 3.00. The Labute approximate surface area is 151 Å². The summed E-state index contributed by atoms with van der Waals surface area (Å²) in [6, 6.07) is 14.2. The molecule has 2 N–H and O–H groups in total. The van der Waals surface area contributed by atoms with Gasteiger partial charge in [-0.25, -0.2) is 0 Å². The Morgan fingerprint density at radius 2 is 1.62 bits per heavy atom. The molecule has 5 aromatic rings. The molecule has 0 unspecified atom stereocenters. The van der Waals surface area contributed by atoms with E-state index in [0.29, 0.717) is 16.3 Å². The second-order valence-electron chi connectivity index (χ2n) is 6.40. The summed E-state index contributed by atoms with van der Waals surface area (Å²) in [5.74, 6) is -0.155. The van der Waals surface area contributed by atoms with Crippen molar-refractivity contribution in [3.05, 3.63) is 74.5 Å². The van der Waals surface area contributed by atoms with Crippen LogP contribution >= 0.6 is 11.3 Å². The number of phenols is 1. The molecule has 0 fully saturated rings. The van der Waals surface area contributed by atoms with Crippen LogP contribution < -0.4 is 10.9 Å². The number of H-pyrrole nitrogens is 1. The number of aromatic amines is 1. The lowest BCUT2D eigenvalue weighted by atomic mass is 10.0. The maximum absolute atomic E-state index is 13.1. The van der Waals surface area contributed by atoms with Crippen molar-refractivity contribution in [1.82, 2.24) is 4.98 Å². The van der Waals surface area contributed by atoms with Gasteiger partial charge in [-0.05, 0) is 18.6 Å². The summed E-state index contributed by atoms with van der Waals surface area (Å²) in [6.07, 6.45) is 0. The first kappa shape index (κ1) is 15.1. The molecule has 0 aliphatic rings. The molecule has 5 rings (SSSR count). The molecular formula is C21H13NO3S. The minimum absolute atomic E-state index is 0.0802. The lowest BCUT2D eigenvalue weighted by molar-refractivity contribution is 0.482. The van der Waals surface area contributed by atoms with E-state index < -0.39 is 0 Å². The SMILES string of the molecule is Cc1cccc2[nH]c3c(cc(O)c4c(=O)c5ccccc5c(=O)c43)sc12. The molecule has 4 nitrogen and oxygen atoms in total. The first-order chi connectivity index (χ1) is 12.6. The quantitative estimate of drug-likeness (QED) is 0.317. The van der Waals surface area contributed by atoms with Crippen LogP contribution in [0, 0.1) is 6.92 Å². The van der Waals surface area contributed by atoms with E-state index in [9.17, 15) is 14.7 Å². The topological polar surface area (TPSA) is 70.2 Å². The fourth-order valence-electron chi connectivity index (χ4n) is 3.59. The van der Waals surface area contributed by atoms with Crippen LogP contribution in [0.1, 0.15) is 5.56 Å². The molecule has 4 aromatic carbocycles. The van der Waals surface area contributed by atoms with E-state index in [1.54, 1.807) is 30.3 Å². The molecule has 0 atom stereocenters. The summed E-state index contributed by atoms with van der Waals surface area (Å²) in [5, 5.41) is 11.6. The van der Waals surface area contributed by atoms with Gasteiger partial charge in [0.2, 0.25) is 0 Å². The molecule has 26 heavy (non-hydrogen) atoms. The molecule has 0 amide bonds. The van der Waals surface area contributed by atoms with Crippen molar-refractivity contribution in [3.8, 4) is 5.75 Å². The molecule has 0 saturated heterocycles. The number of benzene rings is 4. The van der Waals surface area contributed by atoms with E-state index in [1.807, 2.05) is 25.1 Å². The van der Waals surface area contributed by atoms with Crippen molar-refractivity contribution in [2.75, 3.05) is 0 Å². The Morgan fingerprint density at radius 1 is 0.923 bits per heavy atom. The van der Waals surface area contributed by atoms with Crippen molar-refractivity contribution < 1.29 is 5.11 Å². The predicted octanol–water partition coefficient (Wildman–Crippen LogP) is 4.42. The van der Waals surface area contributed by atoms with Gasteiger partial charge in [-0.1, -0.05) is 36.4 Å². The summed E-state index contributed by atoms with van der Waals surface area (Å²) in [7, 11) is 0. The van der Waals surface area contributed by atoms with Gasteiger partial charge in [0, 0.05) is 16.8 Å². The average Bonchev–Trinajstić information content (AvgIpc) is 2.64. The van der Waals surface area contributed by atoms with Crippen LogP contribution in [0.25, 0.3) is 42.0 Å². The van der Waals surface area contributed by atoms with Gasteiger partial charge in [-0.3, -0.25) is 9.59 Å². The Balaban J connectivity index is 2.15. The summed E-state index contributed by atoms with van der Waals surface area (Å²) >= 11 is 1.49. The summed E-state index contributed by atoms with van der Waals surface area (Å²) in [4.78, 5) is 29.4. The number of fused-ring (bicyclic) bond motifs is 5. The maximum atomic E-state index is 13.1. The molecule has 0 bridgehead atoms. The number of hydrogen-bond donors (Lipinski definition) is 2. The molecule has 126 valence electrons. The average molecular weight is 359 g/mol. The van der Waals surface area contributed by atoms with Crippen LogP contribution in [0.4, 0.5) is 0 Å². The van der Waals surface area contributed by atoms with Crippen molar-refractivity contribution in [1.29, 1.82) is 0 Å². The van der Waals surface area contributed by atoms with Gasteiger partial charge in [0.15, 0.2) is 10.9 Å². The van der Waals surface area contributed by atoms with E-state index >= 15 is 0 Å². The van der Waals surface area contributed by atoms with Gasteiger partial charge in [0.05, 0.1) is 31.2 Å². The van der Waals surface area contributed by atoms with Gasteiger partial charge in [-0.15, -0.1) is 11.3 Å². The first-order valence-electron chi connectivity index (χ1n) is 8.19. The molecule has 0 spiro atoms. The Morgan fingerprint density at radius 3 is 2.35 bits per heavy atom. The zero-order valence-electron chi connectivity index (χ0n) is 13.8. The van der Waals surface area contributed by atoms with Crippen LogP contribution in [0.3, 0.4) is 0 Å². The summed E-state index contributed by atoms with van der Waals surface area (Å²) in [6.45, 7) is 2.02. The van der Waals surface area contributed by atoms with Crippen LogP contribution in [-0.4, -0.2) is 10.1 Å². The second kappa shape index (κ2) is 5.16. The van der Waals surface area contributed by atoms with Gasteiger partial charge in [0.1, 0.15) is 5.75 Å². The van der Waals surface area contributed by atoms with Crippen molar-refractivity contribution in [2.45, 2.75) is 6.92 Å². The number of aromatic nitrogens is 1. The van der Waals surface area contributed by atoms with Crippen molar-refractivity contribution >= 4 is 53.3 Å². The van der Waals surface area contributed by atoms with Gasteiger partial charge >= 0.3 is 0 Å². The Hall–Kier alpha value is -3.18. The fourth-order valence-corrected chi connectivity index (χ4v) is 4.69. The summed E-state index contributed by atoms with van der Waals surface area (Å²) in [5.41, 5.74) is 2.03. The summed E-state index contributed by atoms with van der Waals surface area (Å²) < 4.78 is 1.79. The number of aryl methyl sites for hydroxylation is 1. The number of rotatable bonds is 0. The number of phenolic OH excluding ortho intramolecular Hbond substituents is 1. The normalized spacial score (nSPS) is 11.7. The lowest BCUT2D eigenvalue weighted by Crippen LogP contribution is -2.13. The molecule has 0 aliphatic carbocycles. The third-order valence-corrected chi connectivity index (χ3v) is 6.11. The monoisotopic (exact) mass is 359 g/mol. The zero-order chi connectivity index (χ0) is 18.0. The van der Waals surface area contributed by atoms with Crippen molar-refractivity contribution in [3.63, 3.8) is 0 Å². The van der Waals surface area contributed by atoms with E-state index in [1.165, 1.54) is 11.3 Å². The van der Waals surface area contributed by atoms with Crippen LogP contribution in [0.5, 0.6) is 5.75 Å². The first-order valence-corrected chi connectivity index (χ1v) is 9.01.